The third-order valence-electron chi connectivity index (χ3n) is 6.20. The number of halogens is 3. The summed E-state index contributed by atoms with van der Waals surface area (Å²) in [6.07, 6.45) is 1.03. The molecular formula is C25H29F3N4O3. The van der Waals surface area contributed by atoms with Gasteiger partial charge in [-0.25, -0.2) is 9.97 Å². The van der Waals surface area contributed by atoms with Crippen LogP contribution in [0.2, 0.25) is 0 Å². The number of rotatable bonds is 4. The fourth-order valence-electron chi connectivity index (χ4n) is 4.50. The van der Waals surface area contributed by atoms with E-state index in [1.807, 2.05) is 18.4 Å². The number of fused-ring (bicyclic) bond motifs is 1. The number of aromatic nitrogens is 3. The van der Waals surface area contributed by atoms with E-state index in [-0.39, 0.29) is 5.69 Å². The van der Waals surface area contributed by atoms with E-state index in [9.17, 15) is 23.1 Å². The maximum Gasteiger partial charge on any atom is 0.433 e. The topological polar surface area (TPSA) is 97.1 Å². The average molecular weight is 491 g/mol. The lowest BCUT2D eigenvalue weighted by molar-refractivity contribution is -0.141. The number of aryl methyl sites for hydroxylation is 1. The molecule has 1 aliphatic carbocycles. The Morgan fingerprint density at radius 1 is 1.11 bits per heavy atom. The smallest absolute Gasteiger partial charge is 0.386 e. The zero-order chi connectivity index (χ0) is 26.0. The van der Waals surface area contributed by atoms with E-state index in [4.69, 9.17) is 9.78 Å². The third kappa shape index (κ3) is 5.70. The van der Waals surface area contributed by atoms with Crippen LogP contribution in [0.1, 0.15) is 79.4 Å². The summed E-state index contributed by atoms with van der Waals surface area (Å²) in [4.78, 5) is 29.1. The first-order valence-electron chi connectivity index (χ1n) is 11.3. The van der Waals surface area contributed by atoms with Crippen molar-refractivity contribution in [2.45, 2.75) is 63.6 Å². The Kier molecular flexibility index (Phi) is 7.64. The molecule has 3 aromatic rings. The molecule has 1 aromatic carbocycles. The Morgan fingerprint density at radius 2 is 1.77 bits per heavy atom. The molecule has 188 valence electrons. The number of pyridine rings is 1. The fourth-order valence-corrected chi connectivity index (χ4v) is 4.50. The minimum Gasteiger partial charge on any atom is -0.386 e. The van der Waals surface area contributed by atoms with Gasteiger partial charge in [0, 0.05) is 24.2 Å². The number of anilines is 1. The maximum absolute atomic E-state index is 13.0. The lowest BCUT2D eigenvalue weighted by Crippen LogP contribution is -2.22. The van der Waals surface area contributed by atoms with Crippen molar-refractivity contribution in [1.29, 1.82) is 0 Å². The third-order valence-corrected chi connectivity index (χ3v) is 6.20. The highest BCUT2D eigenvalue weighted by atomic mass is 19.4. The van der Waals surface area contributed by atoms with Crippen molar-refractivity contribution < 1.29 is 27.9 Å². The number of benzene rings is 1. The van der Waals surface area contributed by atoms with E-state index in [0.29, 0.717) is 22.7 Å². The molecule has 0 atom stereocenters. The highest BCUT2D eigenvalue weighted by molar-refractivity contribution is 6.04. The fraction of sp³-hybridized carbons (Fsp3) is 0.440. The molecule has 1 saturated carbocycles. The molecular weight excluding hydrogens is 461 g/mol. The van der Waals surface area contributed by atoms with E-state index in [0.717, 1.165) is 49.2 Å². The van der Waals surface area contributed by atoms with E-state index in [1.165, 1.54) is 12.5 Å². The van der Waals surface area contributed by atoms with Crippen molar-refractivity contribution in [3.8, 4) is 0 Å². The Balaban J connectivity index is 0.00000167. The summed E-state index contributed by atoms with van der Waals surface area (Å²) in [5.41, 5.74) is -0.625. The molecule has 1 amide bonds. The molecule has 0 radical (unpaired) electrons. The van der Waals surface area contributed by atoms with Crippen molar-refractivity contribution in [3.63, 3.8) is 0 Å². The summed E-state index contributed by atoms with van der Waals surface area (Å²) in [7, 11) is 1.92. The molecule has 7 nitrogen and oxygen atoms in total. The van der Waals surface area contributed by atoms with Crippen molar-refractivity contribution >= 4 is 29.4 Å². The number of alkyl halides is 3. The van der Waals surface area contributed by atoms with Crippen LogP contribution in [0.4, 0.5) is 18.9 Å². The predicted octanol–water partition coefficient (Wildman–Crippen LogP) is 5.33. The Hall–Kier alpha value is -3.27. The van der Waals surface area contributed by atoms with Gasteiger partial charge in [-0.15, -0.1) is 0 Å². The summed E-state index contributed by atoms with van der Waals surface area (Å²) >= 11 is 0. The van der Waals surface area contributed by atoms with Crippen LogP contribution in [-0.4, -0.2) is 32.3 Å². The quantitative estimate of drug-likeness (QED) is 0.515. The van der Waals surface area contributed by atoms with Crippen LogP contribution < -0.4 is 5.32 Å². The number of carbonyl (C=O) groups is 2. The highest BCUT2D eigenvalue weighted by Crippen LogP contribution is 2.37. The molecule has 10 heteroatoms. The van der Waals surface area contributed by atoms with Crippen molar-refractivity contribution in [1.82, 2.24) is 14.5 Å². The van der Waals surface area contributed by atoms with Crippen molar-refractivity contribution in [2.24, 2.45) is 7.05 Å². The first kappa shape index (κ1) is 26.3. The summed E-state index contributed by atoms with van der Waals surface area (Å²) in [6.45, 7) is 5.16. The number of imidazole rings is 1. The van der Waals surface area contributed by atoms with E-state index in [2.05, 4.69) is 10.3 Å². The molecule has 2 aromatic heterocycles. The zero-order valence-electron chi connectivity index (χ0n) is 19.9. The second-order valence-corrected chi connectivity index (χ2v) is 9.17. The maximum atomic E-state index is 13.0. The summed E-state index contributed by atoms with van der Waals surface area (Å²) in [5.74, 6) is 0.532. The van der Waals surface area contributed by atoms with Crippen LogP contribution in [0.25, 0.3) is 11.0 Å². The van der Waals surface area contributed by atoms with Crippen LogP contribution in [0, 0.1) is 0 Å². The molecule has 0 bridgehead atoms. The van der Waals surface area contributed by atoms with Crippen LogP contribution in [-0.2, 0) is 23.6 Å². The summed E-state index contributed by atoms with van der Waals surface area (Å²) in [5, 5.41) is 13.4. The molecule has 0 spiro atoms. The van der Waals surface area contributed by atoms with Crippen LogP contribution >= 0.6 is 0 Å². The highest BCUT2D eigenvalue weighted by Gasteiger charge is 2.33. The van der Waals surface area contributed by atoms with Gasteiger partial charge in [-0.2, -0.15) is 13.2 Å². The van der Waals surface area contributed by atoms with Gasteiger partial charge in [0.1, 0.15) is 24.0 Å². The van der Waals surface area contributed by atoms with Crippen LogP contribution in [0.15, 0.2) is 30.3 Å². The summed E-state index contributed by atoms with van der Waals surface area (Å²) < 4.78 is 41.0. The number of hydrogen-bond acceptors (Lipinski definition) is 5. The predicted molar refractivity (Wildman–Crippen MR) is 126 cm³/mol. The average Bonchev–Trinajstić information content (AvgIpc) is 3.15. The van der Waals surface area contributed by atoms with Crippen LogP contribution in [0.5, 0.6) is 0 Å². The van der Waals surface area contributed by atoms with Gasteiger partial charge in [-0.05, 0) is 51.0 Å². The largest absolute Gasteiger partial charge is 0.433 e. The molecule has 2 N–H and O–H groups in total. The Labute approximate surface area is 201 Å². The van der Waals surface area contributed by atoms with Gasteiger partial charge in [-0.1, -0.05) is 25.3 Å². The standard InChI is InChI=1S/C24H27F3N4O2.CH2O/c1-23(2,33)15-12-18-19(31(3)21(29-18)14-8-5-4-6-9-14)13-17(15)30-22(32)16-10-7-11-20(28-16)24(25,26)27;1-2/h7,10-14,33H,4-6,8-9H2,1-3H3,(H,30,32);1H2. The first-order chi connectivity index (χ1) is 16.4. The van der Waals surface area contributed by atoms with Crippen LogP contribution in [0.3, 0.4) is 0 Å². The molecule has 1 fully saturated rings. The Bertz CT molecular complexity index is 1210. The minimum atomic E-state index is -4.66. The number of nitrogens with zero attached hydrogens (tertiary/aromatic N) is 3. The summed E-state index contributed by atoms with van der Waals surface area (Å²) in [6, 6.07) is 6.62. The van der Waals surface area contributed by atoms with Crippen molar-refractivity contribution in [3.05, 3.63) is 53.1 Å². The molecule has 2 heterocycles. The number of carbonyl (C=O) groups excluding carboxylic acids is 2. The minimum absolute atomic E-state index is 0.303. The second-order valence-electron chi connectivity index (χ2n) is 9.17. The van der Waals surface area contributed by atoms with E-state index >= 15 is 0 Å². The normalized spacial score (nSPS) is 14.9. The molecule has 35 heavy (non-hydrogen) atoms. The second kappa shape index (κ2) is 10.2. The van der Waals surface area contributed by atoms with Gasteiger partial charge < -0.3 is 19.8 Å². The zero-order valence-corrected chi connectivity index (χ0v) is 19.9. The lowest BCUT2D eigenvalue weighted by Gasteiger charge is -2.22. The molecule has 4 rings (SSSR count). The monoisotopic (exact) mass is 490 g/mol. The SMILES string of the molecule is C=O.Cn1c(C2CCCCC2)nc2cc(C(C)(C)O)c(NC(=O)c3cccc(C(F)(F)F)n3)cc21. The number of aliphatic hydroxyl groups is 1. The van der Waals surface area contributed by atoms with E-state index < -0.39 is 23.4 Å². The van der Waals surface area contributed by atoms with Gasteiger partial charge in [0.2, 0.25) is 0 Å². The number of hydrogen-bond donors (Lipinski definition) is 2. The van der Waals surface area contributed by atoms with E-state index in [1.54, 1.807) is 26.0 Å². The van der Waals surface area contributed by atoms with Gasteiger partial charge in [0.05, 0.1) is 16.6 Å². The molecule has 0 aliphatic heterocycles. The molecule has 0 saturated heterocycles. The lowest BCUT2D eigenvalue weighted by atomic mass is 9.89. The molecule has 1 aliphatic rings. The van der Waals surface area contributed by atoms with Gasteiger partial charge >= 0.3 is 6.18 Å². The van der Waals surface area contributed by atoms with Gasteiger partial charge in [0.15, 0.2) is 0 Å². The number of nitrogens with one attached hydrogen (secondary N) is 1. The molecule has 0 unspecified atom stereocenters. The Morgan fingerprint density at radius 3 is 2.37 bits per heavy atom. The van der Waals surface area contributed by atoms with Gasteiger partial charge in [-0.3, -0.25) is 4.79 Å². The van der Waals surface area contributed by atoms with Crippen molar-refractivity contribution in [2.75, 3.05) is 5.32 Å². The van der Waals surface area contributed by atoms with Gasteiger partial charge in [0.25, 0.3) is 5.91 Å². The number of amides is 1. The first-order valence-corrected chi connectivity index (χ1v) is 11.3.